The summed E-state index contributed by atoms with van der Waals surface area (Å²) in [6, 6.07) is 5.74. The molecule has 0 saturated heterocycles. The first-order valence-corrected chi connectivity index (χ1v) is 6.22. The van der Waals surface area contributed by atoms with Crippen molar-refractivity contribution in [2.75, 3.05) is 26.5 Å². The molecule has 0 aliphatic heterocycles. The van der Waals surface area contributed by atoms with Crippen LogP contribution in [0.15, 0.2) is 30.6 Å². The van der Waals surface area contributed by atoms with Crippen LogP contribution in [0.2, 0.25) is 0 Å². The van der Waals surface area contributed by atoms with Gasteiger partial charge in [-0.1, -0.05) is 6.07 Å². The van der Waals surface area contributed by atoms with Crippen LogP contribution in [0.1, 0.15) is 15.9 Å². The minimum absolute atomic E-state index is 0.223. The van der Waals surface area contributed by atoms with Gasteiger partial charge in [-0.2, -0.15) is 5.10 Å². The second-order valence-corrected chi connectivity index (χ2v) is 4.71. The number of anilines is 1. The summed E-state index contributed by atoms with van der Waals surface area (Å²) in [6.07, 6.45) is 3.02. The van der Waals surface area contributed by atoms with E-state index in [4.69, 9.17) is 4.74 Å². The van der Waals surface area contributed by atoms with Gasteiger partial charge in [-0.25, -0.2) is 0 Å². The highest BCUT2D eigenvalue weighted by molar-refractivity contribution is 6.04. The molecule has 2 N–H and O–H groups in total. The lowest BCUT2D eigenvalue weighted by atomic mass is 10.1. The summed E-state index contributed by atoms with van der Waals surface area (Å²) in [5.74, 6) is 0.406. The van der Waals surface area contributed by atoms with E-state index in [0.717, 1.165) is 12.1 Å². The molecule has 6 heteroatoms. The third-order valence-corrected chi connectivity index (χ3v) is 2.77. The fourth-order valence-electron chi connectivity index (χ4n) is 1.89. The van der Waals surface area contributed by atoms with Crippen LogP contribution in [0.4, 0.5) is 5.69 Å². The number of rotatable bonds is 5. The van der Waals surface area contributed by atoms with Crippen molar-refractivity contribution >= 4 is 11.6 Å². The highest BCUT2D eigenvalue weighted by atomic mass is 16.5. The number of hydrogen-bond donors (Lipinski definition) is 2. The summed E-state index contributed by atoms with van der Waals surface area (Å²) in [5.41, 5.74) is 2.22. The SMILES string of the molecule is COc1ccc(CN(C)C)cc1NC(=O)c1cn[nH]c1. The van der Waals surface area contributed by atoms with Crippen molar-refractivity contribution in [1.82, 2.24) is 15.1 Å². The maximum atomic E-state index is 12.0. The summed E-state index contributed by atoms with van der Waals surface area (Å²) in [6.45, 7) is 0.790. The average Bonchev–Trinajstić information content (AvgIpc) is 2.92. The van der Waals surface area contributed by atoms with Crippen molar-refractivity contribution in [2.24, 2.45) is 0 Å². The Bertz CT molecular complexity index is 579. The number of H-pyrrole nitrogens is 1. The molecule has 0 aliphatic carbocycles. The third-order valence-electron chi connectivity index (χ3n) is 2.77. The van der Waals surface area contributed by atoms with Crippen LogP contribution in [0, 0.1) is 0 Å². The van der Waals surface area contributed by atoms with E-state index in [2.05, 4.69) is 20.4 Å². The summed E-state index contributed by atoms with van der Waals surface area (Å²) in [4.78, 5) is 14.1. The van der Waals surface area contributed by atoms with Crippen LogP contribution in [-0.4, -0.2) is 42.2 Å². The van der Waals surface area contributed by atoms with E-state index >= 15 is 0 Å². The molecular weight excluding hydrogens is 256 g/mol. The van der Waals surface area contributed by atoms with Crippen molar-refractivity contribution in [3.8, 4) is 5.75 Å². The van der Waals surface area contributed by atoms with Crippen LogP contribution < -0.4 is 10.1 Å². The number of ether oxygens (including phenoxy) is 1. The Morgan fingerprint density at radius 2 is 2.25 bits per heavy atom. The van der Waals surface area contributed by atoms with Crippen LogP contribution in [-0.2, 0) is 6.54 Å². The van der Waals surface area contributed by atoms with Gasteiger partial charge in [0.1, 0.15) is 5.75 Å². The van der Waals surface area contributed by atoms with E-state index in [1.165, 1.54) is 6.20 Å². The number of methoxy groups -OCH3 is 1. The van der Waals surface area contributed by atoms with Gasteiger partial charge in [0.05, 0.1) is 24.6 Å². The zero-order valence-electron chi connectivity index (χ0n) is 11.8. The highest BCUT2D eigenvalue weighted by Crippen LogP contribution is 2.26. The summed E-state index contributed by atoms with van der Waals surface area (Å²) in [5, 5.41) is 9.21. The van der Waals surface area contributed by atoms with Crippen LogP contribution in [0.5, 0.6) is 5.75 Å². The highest BCUT2D eigenvalue weighted by Gasteiger charge is 2.11. The zero-order valence-corrected chi connectivity index (χ0v) is 11.8. The van der Waals surface area contributed by atoms with Gasteiger partial charge in [0.2, 0.25) is 0 Å². The average molecular weight is 274 g/mol. The molecule has 1 aromatic carbocycles. The van der Waals surface area contributed by atoms with Crippen molar-refractivity contribution in [3.05, 3.63) is 41.7 Å². The molecular formula is C14H18N4O2. The van der Waals surface area contributed by atoms with E-state index in [1.54, 1.807) is 13.3 Å². The molecule has 0 aliphatic rings. The predicted molar refractivity (Wildman–Crippen MR) is 76.9 cm³/mol. The number of aromatic amines is 1. The lowest BCUT2D eigenvalue weighted by Gasteiger charge is -2.14. The minimum atomic E-state index is -0.223. The van der Waals surface area contributed by atoms with Gasteiger partial charge < -0.3 is 15.0 Å². The quantitative estimate of drug-likeness (QED) is 0.871. The second-order valence-electron chi connectivity index (χ2n) is 4.71. The van der Waals surface area contributed by atoms with Gasteiger partial charge in [-0.15, -0.1) is 0 Å². The summed E-state index contributed by atoms with van der Waals surface area (Å²) < 4.78 is 5.27. The molecule has 106 valence electrons. The molecule has 1 heterocycles. The number of carbonyl (C=O) groups excluding carboxylic acids is 1. The Kier molecular flexibility index (Phi) is 4.37. The molecule has 20 heavy (non-hydrogen) atoms. The monoisotopic (exact) mass is 274 g/mol. The molecule has 2 aromatic rings. The smallest absolute Gasteiger partial charge is 0.258 e. The molecule has 0 saturated carbocycles. The fraction of sp³-hybridized carbons (Fsp3) is 0.286. The maximum Gasteiger partial charge on any atom is 0.258 e. The maximum absolute atomic E-state index is 12.0. The molecule has 0 fully saturated rings. The molecule has 0 radical (unpaired) electrons. The Morgan fingerprint density at radius 3 is 2.85 bits per heavy atom. The number of nitrogens with one attached hydrogen (secondary N) is 2. The van der Waals surface area contributed by atoms with Crippen molar-refractivity contribution < 1.29 is 9.53 Å². The molecule has 0 unspecified atom stereocenters. The molecule has 0 spiro atoms. The number of nitrogens with zero attached hydrogens (tertiary/aromatic N) is 2. The Labute approximate surface area is 117 Å². The van der Waals surface area contributed by atoms with Gasteiger partial charge >= 0.3 is 0 Å². The summed E-state index contributed by atoms with van der Waals surface area (Å²) >= 11 is 0. The molecule has 2 rings (SSSR count). The fourth-order valence-corrected chi connectivity index (χ4v) is 1.89. The predicted octanol–water partition coefficient (Wildman–Crippen LogP) is 1.73. The van der Waals surface area contributed by atoms with Crippen molar-refractivity contribution in [3.63, 3.8) is 0 Å². The first kappa shape index (κ1) is 14.1. The number of hydrogen-bond acceptors (Lipinski definition) is 4. The summed E-state index contributed by atoms with van der Waals surface area (Å²) in [7, 11) is 5.57. The third kappa shape index (κ3) is 3.36. The number of amides is 1. The standard InChI is InChI=1S/C14H18N4O2/c1-18(2)9-10-4-5-13(20-3)12(6-10)17-14(19)11-7-15-16-8-11/h4-8H,9H2,1-3H3,(H,15,16)(H,17,19). The van der Waals surface area contributed by atoms with E-state index in [1.807, 2.05) is 32.3 Å². The van der Waals surface area contributed by atoms with Crippen molar-refractivity contribution in [1.29, 1.82) is 0 Å². The number of benzene rings is 1. The number of carbonyl (C=O) groups is 1. The van der Waals surface area contributed by atoms with Gasteiger partial charge in [0, 0.05) is 12.7 Å². The van der Waals surface area contributed by atoms with Crippen LogP contribution in [0.25, 0.3) is 0 Å². The number of aromatic nitrogens is 2. The lowest BCUT2D eigenvalue weighted by Crippen LogP contribution is -2.14. The second kappa shape index (κ2) is 6.21. The zero-order chi connectivity index (χ0) is 14.5. The Hall–Kier alpha value is -2.34. The molecule has 0 atom stereocenters. The van der Waals surface area contributed by atoms with Gasteiger partial charge in [-0.05, 0) is 31.8 Å². The first-order chi connectivity index (χ1) is 9.60. The topological polar surface area (TPSA) is 70.2 Å². The van der Waals surface area contributed by atoms with Gasteiger partial charge in [0.15, 0.2) is 0 Å². The van der Waals surface area contributed by atoms with E-state index in [9.17, 15) is 4.79 Å². The van der Waals surface area contributed by atoms with Crippen LogP contribution in [0.3, 0.4) is 0 Å². The Balaban J connectivity index is 2.22. The lowest BCUT2D eigenvalue weighted by molar-refractivity contribution is 0.102. The van der Waals surface area contributed by atoms with Gasteiger partial charge in [0.25, 0.3) is 5.91 Å². The Morgan fingerprint density at radius 1 is 1.45 bits per heavy atom. The van der Waals surface area contributed by atoms with Gasteiger partial charge in [-0.3, -0.25) is 9.89 Å². The first-order valence-electron chi connectivity index (χ1n) is 6.22. The van der Waals surface area contributed by atoms with E-state index < -0.39 is 0 Å². The molecule has 1 amide bonds. The molecule has 6 nitrogen and oxygen atoms in total. The largest absolute Gasteiger partial charge is 0.495 e. The molecule has 1 aromatic heterocycles. The van der Waals surface area contributed by atoms with Crippen LogP contribution >= 0.6 is 0 Å². The molecule has 0 bridgehead atoms. The minimum Gasteiger partial charge on any atom is -0.495 e. The van der Waals surface area contributed by atoms with E-state index in [-0.39, 0.29) is 5.91 Å². The van der Waals surface area contributed by atoms with Crippen molar-refractivity contribution in [2.45, 2.75) is 6.54 Å². The van der Waals surface area contributed by atoms with E-state index in [0.29, 0.717) is 17.0 Å². The normalized spacial score (nSPS) is 10.6.